The van der Waals surface area contributed by atoms with Crippen LogP contribution in [0.1, 0.15) is 59.4 Å². The third kappa shape index (κ3) is 7.72. The molecule has 5 heteroatoms. The Morgan fingerprint density at radius 1 is 0.927 bits per heavy atom. The van der Waals surface area contributed by atoms with Gasteiger partial charge < -0.3 is 13.9 Å². The summed E-state index contributed by atoms with van der Waals surface area (Å²) in [5.41, 5.74) is 0.531. The molecule has 0 radical (unpaired) electrons. The molecule has 4 rings (SSSR count). The van der Waals surface area contributed by atoms with Crippen LogP contribution in [0, 0.1) is 5.92 Å². The highest BCUT2D eigenvalue weighted by Crippen LogP contribution is 2.37. The molecule has 1 aliphatic heterocycles. The predicted molar refractivity (Wildman–Crippen MR) is 170 cm³/mol. The normalized spacial score (nSPS) is 20.5. The van der Waals surface area contributed by atoms with E-state index in [-0.39, 0.29) is 23.5 Å². The van der Waals surface area contributed by atoms with E-state index in [1.165, 1.54) is 10.4 Å². The monoisotopic (exact) mass is 570 g/mol. The lowest BCUT2D eigenvalue weighted by Crippen LogP contribution is -2.66. The predicted octanol–water partition coefficient (Wildman–Crippen LogP) is 6.87. The van der Waals surface area contributed by atoms with Crippen LogP contribution in [0.3, 0.4) is 0 Å². The minimum Gasteiger partial charge on any atom is -0.407 e. The summed E-state index contributed by atoms with van der Waals surface area (Å²) in [6.07, 6.45) is 5.95. The number of benzene rings is 3. The van der Waals surface area contributed by atoms with Crippen molar-refractivity contribution in [3.05, 3.63) is 109 Å². The highest BCUT2D eigenvalue weighted by Gasteiger charge is 2.50. The number of ether oxygens (including phenoxy) is 2. The third-order valence-corrected chi connectivity index (χ3v) is 13.3. The van der Waals surface area contributed by atoms with E-state index in [0.717, 1.165) is 24.8 Å². The highest BCUT2D eigenvalue weighted by molar-refractivity contribution is 6.99. The molecule has 0 spiro atoms. The number of ketones is 1. The first kappa shape index (κ1) is 31.1. The van der Waals surface area contributed by atoms with Crippen molar-refractivity contribution in [1.82, 2.24) is 0 Å². The highest BCUT2D eigenvalue weighted by atomic mass is 28.4. The second kappa shape index (κ2) is 13.9. The SMILES string of the molecule is CC(CCC[C@]1(C)OCC(=O)C=C[C@H]1OCc1ccccc1)CO[Si](c1ccccc1)(c1ccccc1)C(C)(C)C. The van der Waals surface area contributed by atoms with Crippen molar-refractivity contribution in [2.75, 3.05) is 13.2 Å². The number of carbonyl (C=O) groups is 1. The van der Waals surface area contributed by atoms with Crippen LogP contribution in [0.15, 0.2) is 103 Å². The van der Waals surface area contributed by atoms with E-state index in [1.807, 2.05) is 24.3 Å². The number of hydrogen-bond acceptors (Lipinski definition) is 4. The van der Waals surface area contributed by atoms with Crippen molar-refractivity contribution in [3.63, 3.8) is 0 Å². The summed E-state index contributed by atoms with van der Waals surface area (Å²) in [7, 11) is -2.56. The van der Waals surface area contributed by atoms with Gasteiger partial charge in [0, 0.05) is 6.61 Å². The van der Waals surface area contributed by atoms with Crippen molar-refractivity contribution in [1.29, 1.82) is 0 Å². The first-order chi connectivity index (χ1) is 19.6. The molecule has 3 aromatic carbocycles. The van der Waals surface area contributed by atoms with Crippen LogP contribution in [0.4, 0.5) is 0 Å². The van der Waals surface area contributed by atoms with Crippen LogP contribution < -0.4 is 10.4 Å². The number of rotatable bonds is 12. The van der Waals surface area contributed by atoms with Gasteiger partial charge in [0.15, 0.2) is 5.78 Å². The molecule has 3 aromatic rings. The van der Waals surface area contributed by atoms with Crippen LogP contribution in [0.5, 0.6) is 0 Å². The summed E-state index contributed by atoms with van der Waals surface area (Å²) < 4.78 is 19.7. The molecule has 0 N–H and O–H groups in total. The van der Waals surface area contributed by atoms with Gasteiger partial charge in [0.25, 0.3) is 8.32 Å². The van der Waals surface area contributed by atoms with Gasteiger partial charge in [-0.15, -0.1) is 0 Å². The summed E-state index contributed by atoms with van der Waals surface area (Å²) in [6, 6.07) is 31.7. The molecule has 3 atom stereocenters. The molecule has 0 fully saturated rings. The Labute approximate surface area is 247 Å². The van der Waals surface area contributed by atoms with Crippen molar-refractivity contribution >= 4 is 24.5 Å². The second-order valence-corrected chi connectivity index (χ2v) is 16.9. The first-order valence-corrected chi connectivity index (χ1v) is 16.8. The Morgan fingerprint density at radius 2 is 1.49 bits per heavy atom. The zero-order valence-corrected chi connectivity index (χ0v) is 26.3. The van der Waals surface area contributed by atoms with Gasteiger partial charge in [0.2, 0.25) is 0 Å². The van der Waals surface area contributed by atoms with Crippen LogP contribution in [-0.2, 0) is 25.3 Å². The first-order valence-electron chi connectivity index (χ1n) is 14.9. The summed E-state index contributed by atoms with van der Waals surface area (Å²) >= 11 is 0. The molecule has 4 nitrogen and oxygen atoms in total. The maximum Gasteiger partial charge on any atom is 0.261 e. The molecule has 1 aliphatic rings. The van der Waals surface area contributed by atoms with E-state index in [1.54, 1.807) is 6.08 Å². The Bertz CT molecular complexity index is 1210. The van der Waals surface area contributed by atoms with E-state index in [2.05, 4.69) is 107 Å². The van der Waals surface area contributed by atoms with Gasteiger partial charge in [-0.1, -0.05) is 125 Å². The van der Waals surface area contributed by atoms with Crippen LogP contribution in [0.2, 0.25) is 5.04 Å². The number of carbonyl (C=O) groups excluding carboxylic acids is 1. The Morgan fingerprint density at radius 3 is 2.05 bits per heavy atom. The number of hydrogen-bond donors (Lipinski definition) is 0. The third-order valence-electron chi connectivity index (χ3n) is 8.25. The van der Waals surface area contributed by atoms with Gasteiger partial charge in [-0.3, -0.25) is 4.79 Å². The van der Waals surface area contributed by atoms with Gasteiger partial charge in [0.05, 0.1) is 12.2 Å². The lowest BCUT2D eigenvalue weighted by atomic mass is 9.90. The zero-order chi connectivity index (χ0) is 29.3. The average Bonchev–Trinajstić information content (AvgIpc) is 3.11. The molecule has 41 heavy (non-hydrogen) atoms. The zero-order valence-electron chi connectivity index (χ0n) is 25.3. The summed E-state index contributed by atoms with van der Waals surface area (Å²) in [5.74, 6) is 0.348. The maximum atomic E-state index is 12.2. The summed E-state index contributed by atoms with van der Waals surface area (Å²) in [6.45, 7) is 12.6. The lowest BCUT2D eigenvalue weighted by molar-refractivity contribution is -0.141. The minimum absolute atomic E-state index is 0.0193. The van der Waals surface area contributed by atoms with Gasteiger partial charge in [0.1, 0.15) is 12.7 Å². The van der Waals surface area contributed by atoms with Crippen molar-refractivity contribution in [2.24, 2.45) is 5.92 Å². The van der Waals surface area contributed by atoms with Crippen molar-refractivity contribution in [3.8, 4) is 0 Å². The Balaban J connectivity index is 1.43. The topological polar surface area (TPSA) is 44.8 Å². The van der Waals surface area contributed by atoms with Gasteiger partial charge >= 0.3 is 0 Å². The molecule has 0 aromatic heterocycles. The average molecular weight is 571 g/mol. The summed E-state index contributed by atoms with van der Waals surface area (Å²) in [4.78, 5) is 12.2. The molecule has 1 unspecified atom stereocenters. The smallest absolute Gasteiger partial charge is 0.261 e. The van der Waals surface area contributed by atoms with Crippen LogP contribution in [0.25, 0.3) is 0 Å². The van der Waals surface area contributed by atoms with E-state index in [4.69, 9.17) is 13.9 Å². The maximum absolute atomic E-state index is 12.2. The molecule has 218 valence electrons. The Kier molecular flexibility index (Phi) is 10.5. The van der Waals surface area contributed by atoms with E-state index in [9.17, 15) is 4.79 Å². The van der Waals surface area contributed by atoms with Crippen LogP contribution >= 0.6 is 0 Å². The molecule has 1 heterocycles. The molecular weight excluding hydrogens is 524 g/mol. The Hall–Kier alpha value is -2.83. The molecule has 0 aliphatic carbocycles. The molecular formula is C36H46O4Si. The van der Waals surface area contributed by atoms with Crippen molar-refractivity contribution < 1.29 is 18.7 Å². The second-order valence-electron chi connectivity index (χ2n) is 12.6. The lowest BCUT2D eigenvalue weighted by Gasteiger charge is -2.43. The van der Waals surface area contributed by atoms with E-state index >= 15 is 0 Å². The van der Waals surface area contributed by atoms with Crippen molar-refractivity contribution in [2.45, 2.75) is 77.2 Å². The van der Waals surface area contributed by atoms with Gasteiger partial charge in [-0.25, -0.2) is 0 Å². The standard InChI is InChI=1S/C36H46O4Si/c1-29(26-40-41(35(2,3)4,32-19-11-7-12-20-32)33-21-13-8-14-22-33)16-15-25-36(5)34(24-23-31(37)28-39-36)38-27-30-17-9-6-10-18-30/h6-14,17-24,29,34H,15-16,25-28H2,1-5H3/t29?,34-,36+/m1/s1. The fourth-order valence-electron chi connectivity index (χ4n) is 5.88. The molecule has 0 saturated carbocycles. The largest absolute Gasteiger partial charge is 0.407 e. The molecule has 0 bridgehead atoms. The van der Waals surface area contributed by atoms with Gasteiger partial charge in [-0.05, 0) is 58.8 Å². The van der Waals surface area contributed by atoms with Gasteiger partial charge in [-0.2, -0.15) is 0 Å². The minimum atomic E-state index is -2.56. The molecule has 0 amide bonds. The molecule has 0 saturated heterocycles. The fraction of sp³-hybridized carbons (Fsp3) is 0.417. The van der Waals surface area contributed by atoms with E-state index in [0.29, 0.717) is 19.1 Å². The quantitative estimate of drug-likeness (QED) is 0.223. The van der Waals surface area contributed by atoms with Crippen LogP contribution in [-0.4, -0.2) is 39.0 Å². The summed E-state index contributed by atoms with van der Waals surface area (Å²) in [5, 5.41) is 2.57. The fourth-order valence-corrected chi connectivity index (χ4v) is 10.6. The van der Waals surface area contributed by atoms with E-state index < -0.39 is 13.9 Å².